The van der Waals surface area contributed by atoms with E-state index in [2.05, 4.69) is 410 Å². The van der Waals surface area contributed by atoms with Crippen LogP contribution >= 0.6 is 0 Å². The standard InChI is InChI=1S/2C15H26Si.C13H29NO5Si.C13H22Si.C13H30Si.C12H28Si.C9H14Si.C7H16O2Si.C7H18Si.C6H16Si.C4H12Si/c2*1-16(2,3)14-10-5-4-7-11-15-12-8-6-9-13-15;1-5-9(15)10(16)11(17)12(18)13(19)14-7-6-8-20(2,3)4;1-14(2,3)12-8-7-11-13-9-5-4-6-10-13;1-5-6-7-8-9-10-11-12-13-14(2,3)4;1-7-8-13(6,9-11(2)3)10-12(4)5;1-10(2,3)9-7-5-4-6-8-9;1-9-7(8)5-6-10(2,3)4;1-7(2,3)8(4,5)6;1-5-6-7(2,3)4;1-5(2,3)4/h2*6,8-9,12-13H,4-5,7,10-11,14H2,1-3H3;9-12,15-18H,5-8H2,1-4H3,(H,14,19);4-6,9-10H,7-8,11-12H2,1-3H3;5-13H2,1-4H3;11-12H,7-10H2,1-6H3;4-8H,1-3H3;5-6H2,1-4H3;1-6H3;5-6H2,1-4H3;1-4H3/t;;9-,10-,11?,12-;;;;;;;;/m..1......../s1. The summed E-state index contributed by atoms with van der Waals surface area (Å²) in [6.45, 7) is 102. The summed E-state index contributed by atoms with van der Waals surface area (Å²) in [4.78, 5) is 22.3. The molecule has 0 spiro atoms. The van der Waals surface area contributed by atoms with Gasteiger partial charge in [0.2, 0.25) is 0 Å². The lowest BCUT2D eigenvalue weighted by Crippen LogP contribution is -2.51. The minimum Gasteiger partial charge on any atom is -0.469 e. The van der Waals surface area contributed by atoms with Gasteiger partial charge in [0.15, 0.2) is 6.10 Å². The number of aryl methyl sites for hydroxylation is 3. The SMILES string of the molecule is CC(C)(C)[Si](C)(C)C.CCCCCCCCCC[Si](C)(C)C.CCC[Si](C)(C)C.CCC[Si](C)(CC(C)C)CC(C)C.CC[C@@H](O)[C@@H](O)C(O)[C@@H](O)C(=O)NCCC[Si](C)(C)C.COC(=O)CC[Si](C)(C)C.C[Si](C)(C)C.C[Si](C)(C)CCCCCCc1ccccc1.C[Si](C)(C)CCCCCCc1ccccc1.C[Si](C)(C)CCCCc1ccccc1.C[Si](C)(C)c1ccccc1. The molecule has 4 aromatic rings. The van der Waals surface area contributed by atoms with E-state index in [0.29, 0.717) is 18.0 Å². The zero-order valence-corrected chi connectivity index (χ0v) is 109. The topological polar surface area (TPSA) is 136 Å². The highest BCUT2D eigenvalue weighted by Gasteiger charge is 2.34. The van der Waals surface area contributed by atoms with Crippen molar-refractivity contribution in [1.29, 1.82) is 0 Å². The van der Waals surface area contributed by atoms with Gasteiger partial charge in [-0.3, -0.25) is 9.59 Å². The Balaban J connectivity index is -0.000000267. The molecule has 0 heterocycles. The fraction of sp³-hybridized carbons (Fsp3) is 0.772. The zero-order chi connectivity index (χ0) is 105. The zero-order valence-electron chi connectivity index (χ0n) is 97.7. The summed E-state index contributed by atoms with van der Waals surface area (Å²) in [6, 6.07) is 57.4. The van der Waals surface area contributed by atoms with Gasteiger partial charge in [-0.05, 0) is 91.0 Å². The highest BCUT2D eigenvalue weighted by Crippen LogP contribution is 2.35. The fourth-order valence-corrected chi connectivity index (χ4v) is 30.1. The van der Waals surface area contributed by atoms with Gasteiger partial charge < -0.3 is 30.5 Å². The summed E-state index contributed by atoms with van der Waals surface area (Å²) in [5.41, 5.74) is 4.48. The number of carbonyl (C=O) groups excluding carboxylic acids is 2. The number of esters is 1. The highest BCUT2D eigenvalue weighted by molar-refractivity contribution is 6.88. The van der Waals surface area contributed by atoms with Crippen molar-refractivity contribution in [2.24, 2.45) is 11.8 Å². The number of methoxy groups -OCH3 is 1. The van der Waals surface area contributed by atoms with Crippen LogP contribution in [0.4, 0.5) is 0 Å². The summed E-state index contributed by atoms with van der Waals surface area (Å²) in [6.07, 6.45) is 27.7. The molecule has 4 rings (SSSR count). The van der Waals surface area contributed by atoms with E-state index in [0.717, 1.165) is 30.3 Å². The maximum absolute atomic E-state index is 11.6. The smallest absolute Gasteiger partial charge is 0.305 e. The fourth-order valence-electron chi connectivity index (χ4n) is 14.3. The van der Waals surface area contributed by atoms with Gasteiger partial charge in [-0.1, -0.05) is 576 Å². The number of hydrogen-bond acceptors (Lipinski definition) is 7. The first kappa shape index (κ1) is 144. The number of carbonyl (C=O) groups is 2. The van der Waals surface area contributed by atoms with Crippen molar-refractivity contribution in [2.75, 3.05) is 13.7 Å². The minimum atomic E-state index is -1.74. The number of amides is 1. The van der Waals surface area contributed by atoms with Crippen LogP contribution in [0.5, 0.6) is 0 Å². The maximum atomic E-state index is 11.6. The molecule has 4 atom stereocenters. The Hall–Kier alpha value is -1.95. The van der Waals surface area contributed by atoms with E-state index in [1.54, 1.807) is 6.92 Å². The third-order valence-corrected chi connectivity index (χ3v) is 48.1. The molecule has 133 heavy (non-hydrogen) atoms. The molecule has 0 aromatic heterocycles. The van der Waals surface area contributed by atoms with Gasteiger partial charge in [-0.2, -0.15) is 0 Å². The molecule has 0 aliphatic rings. The third kappa shape index (κ3) is 115. The van der Waals surface area contributed by atoms with Gasteiger partial charge in [-0.15, -0.1) is 0 Å². The van der Waals surface area contributed by atoms with Crippen molar-refractivity contribution >= 4 is 106 Å². The Morgan fingerprint density at radius 2 is 0.602 bits per heavy atom. The van der Waals surface area contributed by atoms with Gasteiger partial charge in [0.05, 0.1) is 29.4 Å². The van der Waals surface area contributed by atoms with Gasteiger partial charge in [0.25, 0.3) is 5.91 Å². The number of hydrogen-bond donors (Lipinski definition) is 5. The molecule has 1 unspecified atom stereocenters. The molecule has 0 aliphatic carbocycles. The number of aliphatic hydroxyl groups excluding tert-OH is 4. The summed E-state index contributed by atoms with van der Waals surface area (Å²) < 4.78 is 4.53. The lowest BCUT2D eigenvalue weighted by molar-refractivity contribution is -0.146. The quantitative estimate of drug-likeness (QED) is 0.0169. The Morgan fingerprint density at radius 3 is 0.842 bits per heavy atom. The van der Waals surface area contributed by atoms with Crippen LogP contribution in [0.15, 0.2) is 121 Å². The molecular formula is C114H237NO7Si11. The Morgan fingerprint density at radius 1 is 0.338 bits per heavy atom. The molecule has 784 valence electrons. The van der Waals surface area contributed by atoms with Crippen molar-refractivity contribution in [2.45, 2.75) is 543 Å². The third-order valence-electron chi connectivity index (χ3n) is 23.2. The second-order valence-electron chi connectivity index (χ2n) is 53.1. The largest absolute Gasteiger partial charge is 0.469 e. The molecule has 0 saturated heterocycles. The molecule has 8 nitrogen and oxygen atoms in total. The van der Waals surface area contributed by atoms with Gasteiger partial charge in [0, 0.05) is 85.6 Å². The minimum absolute atomic E-state index is 0.0811. The molecule has 0 aliphatic heterocycles. The predicted molar refractivity (Wildman–Crippen MR) is 643 cm³/mol. The molecule has 19 heteroatoms. The Kier molecular flexibility index (Phi) is 86.1. The molecule has 0 radical (unpaired) electrons. The van der Waals surface area contributed by atoms with Crippen molar-refractivity contribution in [3.63, 3.8) is 0 Å². The Bertz CT molecular complexity index is 3130. The first-order valence-corrected chi connectivity index (χ1v) is 94.0. The van der Waals surface area contributed by atoms with E-state index in [9.17, 15) is 30.0 Å². The van der Waals surface area contributed by atoms with E-state index in [4.69, 9.17) is 0 Å². The molecule has 1 amide bonds. The van der Waals surface area contributed by atoms with Gasteiger partial charge in [-0.25, -0.2) is 0 Å². The lowest BCUT2D eigenvalue weighted by atomic mass is 10.0. The summed E-state index contributed by atoms with van der Waals surface area (Å²) >= 11 is 0. The van der Waals surface area contributed by atoms with Crippen LogP contribution < -0.4 is 10.5 Å². The van der Waals surface area contributed by atoms with E-state index in [1.807, 2.05) is 0 Å². The average Bonchev–Trinajstić information content (AvgIpc) is 0.854. The highest BCUT2D eigenvalue weighted by atomic mass is 28.3. The molecule has 0 saturated carbocycles. The van der Waals surface area contributed by atoms with E-state index >= 15 is 0 Å². The average molecular weight is 2040 g/mol. The van der Waals surface area contributed by atoms with Crippen molar-refractivity contribution in [3.8, 4) is 0 Å². The summed E-state index contributed by atoms with van der Waals surface area (Å²) in [5, 5.41) is 42.8. The van der Waals surface area contributed by atoms with Gasteiger partial charge >= 0.3 is 5.97 Å². The Labute approximate surface area is 845 Å². The van der Waals surface area contributed by atoms with Crippen LogP contribution in [0.2, 0.25) is 275 Å². The summed E-state index contributed by atoms with van der Waals surface area (Å²) in [7, 11) is -7.88. The number of nitrogens with one attached hydrogen (secondary N) is 1. The van der Waals surface area contributed by atoms with Crippen LogP contribution in [0, 0.1) is 11.8 Å². The van der Waals surface area contributed by atoms with Crippen molar-refractivity contribution in [3.05, 3.63) is 138 Å². The van der Waals surface area contributed by atoms with Crippen LogP contribution in [-0.4, -0.2) is 159 Å². The molecule has 0 fully saturated rings. The second kappa shape index (κ2) is 79.5. The predicted octanol–water partition coefficient (Wildman–Crippen LogP) is 36.5. The molecule has 0 bridgehead atoms. The number of aliphatic hydroxyl groups is 4. The number of benzene rings is 4. The first-order valence-electron chi connectivity index (χ1n) is 53.9. The normalized spacial score (nSPS) is 12.9. The van der Waals surface area contributed by atoms with Gasteiger partial charge in [0.1, 0.15) is 12.2 Å². The lowest BCUT2D eigenvalue weighted by Gasteiger charge is -2.32. The van der Waals surface area contributed by atoms with Crippen LogP contribution in [0.25, 0.3) is 0 Å². The molecular weight excluding hydrogens is 1800 g/mol. The molecule has 5 N–H and O–H groups in total. The second-order valence-corrected chi connectivity index (χ2v) is 115. The number of unbranched alkanes of at least 4 members (excludes halogenated alkanes) is 14. The monoisotopic (exact) mass is 2040 g/mol. The first-order chi connectivity index (χ1) is 60.7. The number of rotatable bonds is 49. The summed E-state index contributed by atoms with van der Waals surface area (Å²) in [5.74, 6) is 1.00. The van der Waals surface area contributed by atoms with Crippen molar-refractivity contribution in [1.82, 2.24) is 5.32 Å². The van der Waals surface area contributed by atoms with Crippen molar-refractivity contribution < 1.29 is 34.8 Å². The molecule has 4 aromatic carbocycles. The van der Waals surface area contributed by atoms with E-state index in [-0.39, 0.29) is 12.4 Å². The van der Waals surface area contributed by atoms with Crippen LogP contribution in [0.1, 0.15) is 241 Å². The maximum Gasteiger partial charge on any atom is 0.305 e. The van der Waals surface area contributed by atoms with E-state index < -0.39 is 119 Å². The van der Waals surface area contributed by atoms with Crippen LogP contribution in [-0.2, 0) is 33.6 Å². The van der Waals surface area contributed by atoms with E-state index in [1.165, 1.54) is 225 Å². The van der Waals surface area contributed by atoms with Crippen LogP contribution in [0.3, 0.4) is 0 Å². The number of ether oxygens (including phenoxy) is 1.